The van der Waals surface area contributed by atoms with Crippen LogP contribution in [0.2, 0.25) is 0 Å². The number of nitrogens with zero attached hydrogens (tertiary/aromatic N) is 7. The van der Waals surface area contributed by atoms with Crippen LogP contribution in [-0.2, 0) is 29.0 Å². The highest BCUT2D eigenvalue weighted by atomic mass is 16.5. The highest BCUT2D eigenvalue weighted by molar-refractivity contribution is 4.94. The molecule has 1 aliphatic rings. The Hall–Kier alpha value is -1.91. The highest BCUT2D eigenvalue weighted by Gasteiger charge is 2.27. The van der Waals surface area contributed by atoms with Crippen molar-refractivity contribution in [2.24, 2.45) is 0 Å². The van der Waals surface area contributed by atoms with Crippen molar-refractivity contribution in [3.63, 3.8) is 0 Å². The first-order valence-corrected chi connectivity index (χ1v) is 7.79. The number of rotatable bonds is 7. The Morgan fingerprint density at radius 1 is 1.43 bits per heavy atom. The van der Waals surface area contributed by atoms with Crippen molar-refractivity contribution in [3.8, 4) is 0 Å². The smallest absolute Gasteiger partial charge is 0.181 e. The minimum absolute atomic E-state index is 0.149. The topological polar surface area (TPSA) is 107 Å². The van der Waals surface area contributed by atoms with Gasteiger partial charge in [0, 0.05) is 26.6 Å². The average molecular weight is 322 g/mol. The second-order valence-electron chi connectivity index (χ2n) is 5.40. The summed E-state index contributed by atoms with van der Waals surface area (Å²) in [4.78, 5) is 6.72. The lowest BCUT2D eigenvalue weighted by atomic mass is 10.2. The van der Waals surface area contributed by atoms with Gasteiger partial charge in [-0.05, 0) is 10.4 Å². The second kappa shape index (κ2) is 7.57. The Morgan fingerprint density at radius 2 is 2.35 bits per heavy atom. The van der Waals surface area contributed by atoms with Crippen molar-refractivity contribution in [1.82, 2.24) is 40.3 Å². The largest absolute Gasteiger partial charge is 0.383 e. The Morgan fingerprint density at radius 3 is 3.13 bits per heavy atom. The molecule has 1 fully saturated rings. The monoisotopic (exact) mass is 322 g/mol. The molecule has 3 heterocycles. The molecule has 0 aliphatic carbocycles. The number of nitrogens with one attached hydrogen (secondary N) is 1. The SMILES string of the molecule is CCc1n[nH]c(CN2CCO[C@@H](c3nnnn3CCOC)C2)n1. The molecule has 0 aromatic carbocycles. The third-order valence-electron chi connectivity index (χ3n) is 3.77. The molecule has 0 saturated carbocycles. The number of tetrazole rings is 1. The van der Waals surface area contributed by atoms with E-state index in [-0.39, 0.29) is 6.10 Å². The van der Waals surface area contributed by atoms with Crippen LogP contribution in [0.5, 0.6) is 0 Å². The summed E-state index contributed by atoms with van der Waals surface area (Å²) in [5.41, 5.74) is 0. The zero-order valence-corrected chi connectivity index (χ0v) is 13.5. The van der Waals surface area contributed by atoms with Crippen molar-refractivity contribution >= 4 is 0 Å². The maximum atomic E-state index is 5.85. The van der Waals surface area contributed by atoms with E-state index in [0.717, 1.165) is 37.0 Å². The molecule has 0 bridgehead atoms. The van der Waals surface area contributed by atoms with Crippen LogP contribution in [0.25, 0.3) is 0 Å². The molecule has 1 saturated heterocycles. The summed E-state index contributed by atoms with van der Waals surface area (Å²) in [6.07, 6.45) is 0.681. The summed E-state index contributed by atoms with van der Waals surface area (Å²) in [5, 5.41) is 19.0. The van der Waals surface area contributed by atoms with Gasteiger partial charge in [0.05, 0.1) is 26.3 Å². The fourth-order valence-electron chi connectivity index (χ4n) is 2.56. The first-order chi connectivity index (χ1) is 11.3. The van der Waals surface area contributed by atoms with Crippen LogP contribution in [0.3, 0.4) is 0 Å². The molecule has 2 aromatic rings. The Labute approximate surface area is 134 Å². The summed E-state index contributed by atoms with van der Waals surface area (Å²) >= 11 is 0. The van der Waals surface area contributed by atoms with Crippen LogP contribution >= 0.6 is 0 Å². The van der Waals surface area contributed by atoms with E-state index >= 15 is 0 Å². The molecule has 126 valence electrons. The Kier molecular flexibility index (Phi) is 5.26. The van der Waals surface area contributed by atoms with Gasteiger partial charge in [-0.25, -0.2) is 9.67 Å². The highest BCUT2D eigenvalue weighted by Crippen LogP contribution is 2.20. The molecule has 0 unspecified atom stereocenters. The fraction of sp³-hybridized carbons (Fsp3) is 0.769. The minimum atomic E-state index is -0.149. The van der Waals surface area contributed by atoms with E-state index in [4.69, 9.17) is 9.47 Å². The molecule has 1 N–H and O–H groups in total. The number of hydrogen-bond donors (Lipinski definition) is 1. The molecule has 10 nitrogen and oxygen atoms in total. The number of aromatic nitrogens is 7. The molecule has 3 rings (SSSR count). The lowest BCUT2D eigenvalue weighted by molar-refractivity contribution is -0.0403. The van der Waals surface area contributed by atoms with Gasteiger partial charge in [0.15, 0.2) is 5.82 Å². The van der Waals surface area contributed by atoms with E-state index in [1.54, 1.807) is 11.8 Å². The maximum Gasteiger partial charge on any atom is 0.181 e. The molecular weight excluding hydrogens is 300 g/mol. The predicted molar refractivity (Wildman–Crippen MR) is 79.4 cm³/mol. The number of morpholine rings is 1. The summed E-state index contributed by atoms with van der Waals surface area (Å²) in [5.74, 6) is 2.45. The Balaban J connectivity index is 1.62. The van der Waals surface area contributed by atoms with Gasteiger partial charge in [-0.1, -0.05) is 6.92 Å². The van der Waals surface area contributed by atoms with E-state index < -0.39 is 0 Å². The van der Waals surface area contributed by atoms with Gasteiger partial charge < -0.3 is 9.47 Å². The van der Waals surface area contributed by atoms with E-state index in [1.807, 2.05) is 6.92 Å². The van der Waals surface area contributed by atoms with Crippen molar-refractivity contribution < 1.29 is 9.47 Å². The van der Waals surface area contributed by atoms with Gasteiger partial charge in [0.1, 0.15) is 17.8 Å². The fourth-order valence-corrected chi connectivity index (χ4v) is 2.56. The normalized spacial score (nSPS) is 19.3. The van der Waals surface area contributed by atoms with Crippen LogP contribution in [0.1, 0.15) is 30.5 Å². The van der Waals surface area contributed by atoms with Gasteiger partial charge in [0.25, 0.3) is 0 Å². The number of methoxy groups -OCH3 is 1. The third kappa shape index (κ3) is 3.89. The molecule has 10 heteroatoms. The summed E-state index contributed by atoms with van der Waals surface area (Å²) in [7, 11) is 1.66. The van der Waals surface area contributed by atoms with Crippen LogP contribution in [-0.4, -0.2) is 73.7 Å². The first-order valence-electron chi connectivity index (χ1n) is 7.79. The number of aryl methyl sites for hydroxylation is 1. The van der Waals surface area contributed by atoms with Crippen molar-refractivity contribution in [3.05, 3.63) is 17.5 Å². The number of H-pyrrole nitrogens is 1. The molecule has 1 atom stereocenters. The summed E-state index contributed by atoms with van der Waals surface area (Å²) in [6.45, 7) is 6.13. The molecule has 2 aromatic heterocycles. The minimum Gasteiger partial charge on any atom is -0.383 e. The number of ether oxygens (including phenoxy) is 2. The van der Waals surface area contributed by atoms with Gasteiger partial charge >= 0.3 is 0 Å². The maximum absolute atomic E-state index is 5.85. The van der Waals surface area contributed by atoms with E-state index in [9.17, 15) is 0 Å². The van der Waals surface area contributed by atoms with Crippen LogP contribution in [0, 0.1) is 0 Å². The van der Waals surface area contributed by atoms with E-state index in [0.29, 0.717) is 26.3 Å². The van der Waals surface area contributed by atoms with Crippen LogP contribution < -0.4 is 0 Å². The average Bonchev–Trinajstić information content (AvgIpc) is 3.22. The van der Waals surface area contributed by atoms with Gasteiger partial charge in [-0.3, -0.25) is 10.00 Å². The van der Waals surface area contributed by atoms with E-state index in [1.165, 1.54) is 0 Å². The molecule has 0 spiro atoms. The Bertz CT molecular complexity index is 613. The quantitative estimate of drug-likeness (QED) is 0.732. The molecule has 0 radical (unpaired) electrons. The van der Waals surface area contributed by atoms with Crippen molar-refractivity contribution in [2.75, 3.05) is 33.4 Å². The summed E-state index contributed by atoms with van der Waals surface area (Å²) < 4.78 is 12.7. The number of aromatic amines is 1. The third-order valence-corrected chi connectivity index (χ3v) is 3.77. The first kappa shape index (κ1) is 16.0. The second-order valence-corrected chi connectivity index (χ2v) is 5.40. The van der Waals surface area contributed by atoms with Crippen LogP contribution in [0.4, 0.5) is 0 Å². The predicted octanol–water partition coefficient (Wildman–Crippen LogP) is -0.426. The molecular formula is C13H22N8O2. The van der Waals surface area contributed by atoms with Crippen molar-refractivity contribution in [1.29, 1.82) is 0 Å². The van der Waals surface area contributed by atoms with E-state index in [2.05, 4.69) is 35.6 Å². The number of hydrogen-bond acceptors (Lipinski definition) is 8. The zero-order valence-electron chi connectivity index (χ0n) is 13.5. The lowest BCUT2D eigenvalue weighted by Crippen LogP contribution is -2.39. The van der Waals surface area contributed by atoms with Gasteiger partial charge in [0.2, 0.25) is 0 Å². The molecule has 0 amide bonds. The summed E-state index contributed by atoms with van der Waals surface area (Å²) in [6, 6.07) is 0. The lowest BCUT2D eigenvalue weighted by Gasteiger charge is -2.31. The van der Waals surface area contributed by atoms with Crippen LogP contribution in [0.15, 0.2) is 0 Å². The molecule has 1 aliphatic heterocycles. The standard InChI is InChI=1S/C13H22N8O2/c1-3-11-14-12(16-15-11)9-20-4-7-23-10(8-20)13-17-18-19-21(13)5-6-22-2/h10H,3-9H2,1-2H3,(H,14,15,16)/t10-/m1/s1. The van der Waals surface area contributed by atoms with Gasteiger partial charge in [-0.15, -0.1) is 5.10 Å². The zero-order chi connectivity index (χ0) is 16.1. The molecule has 23 heavy (non-hydrogen) atoms. The van der Waals surface area contributed by atoms with Gasteiger partial charge in [-0.2, -0.15) is 5.10 Å². The van der Waals surface area contributed by atoms with Crippen molar-refractivity contribution in [2.45, 2.75) is 32.5 Å².